The number of benzene rings is 1. The summed E-state index contributed by atoms with van der Waals surface area (Å²) in [5, 5.41) is 24.0. The Labute approximate surface area is 231 Å². The number of Topliss-reactive ketones (excluding diaryl/α,β-unsaturated/α-hetero) is 1. The van der Waals surface area contributed by atoms with Gasteiger partial charge in [-0.05, 0) is 61.0 Å². The van der Waals surface area contributed by atoms with Crippen molar-refractivity contribution in [2.75, 3.05) is 13.2 Å². The highest BCUT2D eigenvalue weighted by atomic mass is 35.5. The molecule has 6 nitrogen and oxygen atoms in total. The maximum Gasteiger partial charge on any atom is 0.192 e. The summed E-state index contributed by atoms with van der Waals surface area (Å²) >= 11 is 6.38. The molecule has 0 aromatic heterocycles. The first-order valence-electron chi connectivity index (χ1n) is 13.6. The summed E-state index contributed by atoms with van der Waals surface area (Å²) in [7, 11) is 0. The van der Waals surface area contributed by atoms with Crippen molar-refractivity contribution < 1.29 is 33.4 Å². The first-order valence-corrected chi connectivity index (χ1v) is 13.9. The molecule has 1 aromatic carbocycles. The van der Waals surface area contributed by atoms with Gasteiger partial charge in [0.05, 0.1) is 12.6 Å². The van der Waals surface area contributed by atoms with Gasteiger partial charge in [-0.1, -0.05) is 49.7 Å². The SMILES string of the molecule is C[C@]12C[C@H](O)[C@@]3(F)[C@@H](C[C@H](F)C4=CC(=O)C=C[C@@]43C)[C@]1(C)C[C@H]1CN(Cc3ccccc3Cl)O[C@]12C(=O)CO. The molecule has 39 heavy (non-hydrogen) atoms. The maximum atomic E-state index is 17.7. The van der Waals surface area contributed by atoms with Crippen molar-refractivity contribution in [3.05, 3.63) is 58.7 Å². The number of alkyl halides is 2. The monoisotopic (exact) mass is 561 g/mol. The molecule has 1 heterocycles. The number of allylic oxidation sites excluding steroid dienone is 4. The minimum atomic E-state index is -2.27. The van der Waals surface area contributed by atoms with Gasteiger partial charge in [0.25, 0.3) is 0 Å². The van der Waals surface area contributed by atoms with E-state index in [9.17, 15) is 19.8 Å². The van der Waals surface area contributed by atoms with E-state index in [1.165, 1.54) is 18.2 Å². The first kappa shape index (κ1) is 27.2. The number of aliphatic hydroxyl groups excluding tert-OH is 2. The second-order valence-electron chi connectivity index (χ2n) is 12.8. The predicted molar refractivity (Wildman–Crippen MR) is 140 cm³/mol. The Morgan fingerprint density at radius 3 is 2.64 bits per heavy atom. The maximum absolute atomic E-state index is 17.7. The van der Waals surface area contributed by atoms with E-state index in [1.54, 1.807) is 18.1 Å². The Kier molecular flexibility index (Phi) is 5.95. The smallest absolute Gasteiger partial charge is 0.192 e. The fraction of sp³-hybridized carbons (Fsp3) is 0.600. The second-order valence-corrected chi connectivity index (χ2v) is 13.2. The minimum Gasteiger partial charge on any atom is -0.390 e. The van der Waals surface area contributed by atoms with Crippen LogP contribution in [0.25, 0.3) is 0 Å². The molecule has 0 unspecified atom stereocenters. The molecule has 1 saturated heterocycles. The molecule has 0 bridgehead atoms. The zero-order valence-electron chi connectivity index (χ0n) is 22.3. The number of aliphatic hydroxyl groups is 2. The molecule has 1 aliphatic heterocycles. The fourth-order valence-electron chi connectivity index (χ4n) is 9.31. The lowest BCUT2D eigenvalue weighted by Gasteiger charge is -2.67. The number of nitrogens with zero attached hydrogens (tertiary/aromatic N) is 1. The van der Waals surface area contributed by atoms with Crippen LogP contribution in [0.3, 0.4) is 0 Å². The van der Waals surface area contributed by atoms with Crippen LogP contribution in [0.4, 0.5) is 8.78 Å². The van der Waals surface area contributed by atoms with Gasteiger partial charge in [-0.2, -0.15) is 5.06 Å². The summed E-state index contributed by atoms with van der Waals surface area (Å²) in [6, 6.07) is 7.32. The lowest BCUT2D eigenvalue weighted by molar-refractivity contribution is -0.289. The van der Waals surface area contributed by atoms with Crippen LogP contribution in [0.1, 0.15) is 45.6 Å². The third kappa shape index (κ3) is 3.15. The molecule has 6 rings (SSSR count). The van der Waals surface area contributed by atoms with Crippen molar-refractivity contribution >= 4 is 23.2 Å². The Morgan fingerprint density at radius 2 is 1.95 bits per heavy atom. The number of fused-ring (bicyclic) bond motifs is 7. The number of hydroxylamine groups is 2. The van der Waals surface area contributed by atoms with Crippen molar-refractivity contribution in [3.8, 4) is 0 Å². The normalized spacial score (nSPS) is 46.8. The highest BCUT2D eigenvalue weighted by Gasteiger charge is 2.83. The van der Waals surface area contributed by atoms with Gasteiger partial charge in [0.15, 0.2) is 22.8 Å². The molecule has 4 aliphatic carbocycles. The third-order valence-electron chi connectivity index (χ3n) is 11.3. The first-order chi connectivity index (χ1) is 18.3. The predicted octanol–water partition coefficient (Wildman–Crippen LogP) is 4.32. The molecule has 9 atom stereocenters. The van der Waals surface area contributed by atoms with Crippen LogP contribution >= 0.6 is 11.6 Å². The molecular weight excluding hydrogens is 528 g/mol. The van der Waals surface area contributed by atoms with E-state index >= 15 is 8.78 Å². The standard InChI is InChI=1S/C30H34ClF2NO5/c1-26-9-8-19(36)10-20(26)22(32)11-23-27(2)12-18-15-34(14-17-6-4-5-7-21(17)31)39-30(18,25(38)16-35)28(27,3)13-24(37)29(23,26)33/h4-10,18,22-24,35,37H,11-16H2,1-3H3/t18-,22-,23-,24-,26-,27-,28-,29-,30-/m0/s1. The molecule has 4 fully saturated rings. The van der Waals surface area contributed by atoms with Crippen molar-refractivity contribution in [3.63, 3.8) is 0 Å². The zero-order chi connectivity index (χ0) is 28.2. The average molecular weight is 562 g/mol. The van der Waals surface area contributed by atoms with Crippen LogP contribution in [0.2, 0.25) is 5.02 Å². The summed E-state index contributed by atoms with van der Waals surface area (Å²) in [5.74, 6) is -2.32. The molecule has 3 saturated carbocycles. The number of halogens is 3. The van der Waals surface area contributed by atoms with Gasteiger partial charge >= 0.3 is 0 Å². The molecule has 210 valence electrons. The van der Waals surface area contributed by atoms with Gasteiger partial charge < -0.3 is 10.2 Å². The minimum absolute atomic E-state index is 0.0570. The molecule has 0 radical (unpaired) electrons. The highest BCUT2D eigenvalue weighted by Crippen LogP contribution is 2.77. The number of hydrogen-bond acceptors (Lipinski definition) is 6. The molecule has 5 aliphatic rings. The van der Waals surface area contributed by atoms with Crippen molar-refractivity contribution in [1.82, 2.24) is 5.06 Å². The summed E-state index contributed by atoms with van der Waals surface area (Å²) in [6.07, 6.45) is 0.684. The van der Waals surface area contributed by atoms with E-state index in [2.05, 4.69) is 0 Å². The Morgan fingerprint density at radius 1 is 1.23 bits per heavy atom. The van der Waals surface area contributed by atoms with Crippen LogP contribution in [-0.2, 0) is 21.0 Å². The number of rotatable bonds is 4. The van der Waals surface area contributed by atoms with Gasteiger partial charge in [-0.15, -0.1) is 0 Å². The van der Waals surface area contributed by atoms with Crippen LogP contribution in [-0.4, -0.2) is 63.5 Å². The van der Waals surface area contributed by atoms with Crippen molar-refractivity contribution in [2.24, 2.45) is 28.1 Å². The van der Waals surface area contributed by atoms with Gasteiger partial charge in [0, 0.05) is 34.2 Å². The Hall–Kier alpha value is -1.97. The molecule has 9 heteroatoms. The third-order valence-corrected chi connectivity index (χ3v) is 11.7. The van der Waals surface area contributed by atoms with E-state index in [-0.39, 0.29) is 18.4 Å². The molecular formula is C30H34ClF2NO5. The molecule has 0 amide bonds. The van der Waals surface area contributed by atoms with Gasteiger partial charge in [-0.25, -0.2) is 8.78 Å². The van der Waals surface area contributed by atoms with Crippen LogP contribution < -0.4 is 0 Å². The number of carbonyl (C=O) groups is 2. The number of carbonyl (C=O) groups excluding carboxylic acids is 2. The van der Waals surface area contributed by atoms with Gasteiger partial charge in [0.2, 0.25) is 0 Å². The Bertz CT molecular complexity index is 1320. The van der Waals surface area contributed by atoms with E-state index in [0.29, 0.717) is 24.5 Å². The van der Waals surface area contributed by atoms with E-state index in [0.717, 1.165) is 5.56 Å². The average Bonchev–Trinajstić information content (AvgIpc) is 3.33. The van der Waals surface area contributed by atoms with Crippen LogP contribution in [0.15, 0.2) is 48.1 Å². The second kappa shape index (κ2) is 8.52. The van der Waals surface area contributed by atoms with Crippen molar-refractivity contribution in [1.29, 1.82) is 0 Å². The molecule has 1 aromatic rings. The Balaban J connectivity index is 1.44. The quantitative estimate of drug-likeness (QED) is 0.569. The zero-order valence-corrected chi connectivity index (χ0v) is 23.0. The number of ketones is 2. The fourth-order valence-corrected chi connectivity index (χ4v) is 9.50. The van der Waals surface area contributed by atoms with Gasteiger partial charge in [0.1, 0.15) is 12.8 Å². The largest absolute Gasteiger partial charge is 0.390 e. The topological polar surface area (TPSA) is 87.1 Å². The van der Waals surface area contributed by atoms with E-state index in [4.69, 9.17) is 16.4 Å². The highest BCUT2D eigenvalue weighted by molar-refractivity contribution is 6.31. The summed E-state index contributed by atoms with van der Waals surface area (Å²) in [6.45, 7) is 5.13. The summed E-state index contributed by atoms with van der Waals surface area (Å²) < 4.78 is 33.5. The van der Waals surface area contributed by atoms with Gasteiger partial charge in [-0.3, -0.25) is 14.4 Å². The molecule has 2 N–H and O–H groups in total. The van der Waals surface area contributed by atoms with Crippen LogP contribution in [0, 0.1) is 28.1 Å². The summed E-state index contributed by atoms with van der Waals surface area (Å²) in [5.41, 5.74) is -6.53. The van der Waals surface area contributed by atoms with Crippen LogP contribution in [0.5, 0.6) is 0 Å². The lowest BCUT2D eigenvalue weighted by Crippen LogP contribution is -2.73. The van der Waals surface area contributed by atoms with Crippen molar-refractivity contribution in [2.45, 2.75) is 70.1 Å². The van der Waals surface area contributed by atoms with E-state index in [1.807, 2.05) is 32.0 Å². The number of hydrogen-bond donors (Lipinski definition) is 2. The lowest BCUT2D eigenvalue weighted by atomic mass is 9.39. The summed E-state index contributed by atoms with van der Waals surface area (Å²) in [4.78, 5) is 32.3. The molecule has 0 spiro atoms. The van der Waals surface area contributed by atoms with E-state index < -0.39 is 69.8 Å².